The number of hydrogen-bond acceptors (Lipinski definition) is 5. The summed E-state index contributed by atoms with van der Waals surface area (Å²) in [5.41, 5.74) is 0. The van der Waals surface area contributed by atoms with E-state index >= 15 is 0 Å². The number of thioether (sulfide) groups is 1. The molecule has 0 aromatic heterocycles. The lowest BCUT2D eigenvalue weighted by Crippen LogP contribution is -2.49. The maximum absolute atomic E-state index is 12.4. The van der Waals surface area contributed by atoms with E-state index in [9.17, 15) is 18.0 Å². The number of carbonyl (C=O) groups is 2. The van der Waals surface area contributed by atoms with Crippen LogP contribution in [0.4, 0.5) is 0 Å². The SMILES string of the molecule is CSCCC(NS(=O)(=O)c1ccccc1)C(=O)NCC(=O)N(C)C. The fraction of sp³-hybridized carbons (Fsp3) is 0.467. The van der Waals surface area contributed by atoms with Gasteiger partial charge in [0, 0.05) is 14.1 Å². The van der Waals surface area contributed by atoms with E-state index in [0.29, 0.717) is 12.2 Å². The molecular formula is C15H23N3O4S2. The van der Waals surface area contributed by atoms with E-state index in [1.807, 2.05) is 6.26 Å². The summed E-state index contributed by atoms with van der Waals surface area (Å²) in [5, 5.41) is 2.48. The topological polar surface area (TPSA) is 95.6 Å². The van der Waals surface area contributed by atoms with Gasteiger partial charge in [0.15, 0.2) is 0 Å². The first-order valence-electron chi connectivity index (χ1n) is 7.32. The number of rotatable bonds is 9. The second-order valence-electron chi connectivity index (χ2n) is 5.27. The van der Waals surface area contributed by atoms with Crippen molar-refractivity contribution in [3.63, 3.8) is 0 Å². The molecule has 0 heterocycles. The summed E-state index contributed by atoms with van der Waals surface area (Å²) < 4.78 is 27.2. The third-order valence-electron chi connectivity index (χ3n) is 3.19. The summed E-state index contributed by atoms with van der Waals surface area (Å²) in [4.78, 5) is 25.3. The van der Waals surface area contributed by atoms with Gasteiger partial charge in [0.1, 0.15) is 6.04 Å². The van der Waals surface area contributed by atoms with E-state index in [1.54, 1.807) is 32.3 Å². The van der Waals surface area contributed by atoms with Crippen molar-refractivity contribution in [3.8, 4) is 0 Å². The number of amides is 2. The van der Waals surface area contributed by atoms with Crippen LogP contribution in [0, 0.1) is 0 Å². The molecule has 1 atom stereocenters. The third-order valence-corrected chi connectivity index (χ3v) is 5.32. The standard InChI is InChI=1S/C15H23N3O4S2/c1-18(2)14(19)11-16-15(20)13(9-10-23-3)17-24(21,22)12-7-5-4-6-8-12/h4-8,13,17H,9-11H2,1-3H3,(H,16,20). The molecular weight excluding hydrogens is 350 g/mol. The maximum Gasteiger partial charge on any atom is 0.241 e. The van der Waals surface area contributed by atoms with Crippen molar-refractivity contribution >= 4 is 33.6 Å². The van der Waals surface area contributed by atoms with Crippen LogP contribution in [0.15, 0.2) is 35.2 Å². The highest BCUT2D eigenvalue weighted by atomic mass is 32.2. The molecule has 0 spiro atoms. The largest absolute Gasteiger partial charge is 0.347 e. The molecule has 7 nitrogen and oxygen atoms in total. The summed E-state index contributed by atoms with van der Waals surface area (Å²) in [6.07, 6.45) is 2.20. The predicted molar refractivity (Wildman–Crippen MR) is 95.3 cm³/mol. The van der Waals surface area contributed by atoms with E-state index in [4.69, 9.17) is 0 Å². The van der Waals surface area contributed by atoms with Crippen molar-refractivity contribution in [1.82, 2.24) is 14.9 Å². The van der Waals surface area contributed by atoms with E-state index in [2.05, 4.69) is 10.0 Å². The molecule has 0 saturated carbocycles. The number of benzene rings is 1. The molecule has 0 fully saturated rings. The Bertz CT molecular complexity index is 648. The zero-order valence-corrected chi connectivity index (χ0v) is 15.6. The van der Waals surface area contributed by atoms with Crippen LogP contribution in [-0.2, 0) is 19.6 Å². The Morgan fingerprint density at radius 1 is 1.21 bits per heavy atom. The fourth-order valence-corrected chi connectivity index (χ4v) is 3.50. The first-order valence-corrected chi connectivity index (χ1v) is 10.2. The van der Waals surface area contributed by atoms with Crippen molar-refractivity contribution in [1.29, 1.82) is 0 Å². The molecule has 0 bridgehead atoms. The third kappa shape index (κ3) is 6.50. The van der Waals surface area contributed by atoms with Gasteiger partial charge in [0.2, 0.25) is 21.8 Å². The number of hydrogen-bond donors (Lipinski definition) is 2. The van der Waals surface area contributed by atoms with Gasteiger partial charge in [0.05, 0.1) is 11.4 Å². The van der Waals surface area contributed by atoms with E-state index < -0.39 is 22.0 Å². The van der Waals surface area contributed by atoms with Gasteiger partial charge >= 0.3 is 0 Å². The van der Waals surface area contributed by atoms with Gasteiger partial charge in [-0.3, -0.25) is 9.59 Å². The zero-order valence-electron chi connectivity index (χ0n) is 14.0. The van der Waals surface area contributed by atoms with Gasteiger partial charge < -0.3 is 10.2 Å². The second-order valence-corrected chi connectivity index (χ2v) is 7.97. The minimum atomic E-state index is -3.81. The Morgan fingerprint density at radius 3 is 2.38 bits per heavy atom. The lowest BCUT2D eigenvalue weighted by molar-refractivity contribution is -0.131. The van der Waals surface area contributed by atoms with Crippen LogP contribution in [-0.4, -0.2) is 63.8 Å². The van der Waals surface area contributed by atoms with Crippen molar-refractivity contribution in [2.24, 2.45) is 0 Å². The molecule has 9 heteroatoms. The molecule has 0 radical (unpaired) electrons. The maximum atomic E-state index is 12.4. The Balaban J connectivity index is 2.81. The Morgan fingerprint density at radius 2 is 1.83 bits per heavy atom. The molecule has 1 unspecified atom stereocenters. The average Bonchev–Trinajstić information content (AvgIpc) is 2.56. The lowest BCUT2D eigenvalue weighted by Gasteiger charge is -2.19. The lowest BCUT2D eigenvalue weighted by atomic mass is 10.2. The molecule has 0 aliphatic rings. The summed E-state index contributed by atoms with van der Waals surface area (Å²) in [6.45, 7) is -0.172. The number of nitrogens with zero attached hydrogens (tertiary/aromatic N) is 1. The highest BCUT2D eigenvalue weighted by Crippen LogP contribution is 2.10. The van der Waals surface area contributed by atoms with Crippen LogP contribution in [0.25, 0.3) is 0 Å². The van der Waals surface area contributed by atoms with Gasteiger partial charge in [-0.2, -0.15) is 16.5 Å². The summed E-state index contributed by atoms with van der Waals surface area (Å²) in [6, 6.07) is 6.92. The number of likely N-dealkylation sites (N-methyl/N-ethyl adjacent to an activating group) is 1. The van der Waals surface area contributed by atoms with Crippen LogP contribution in [0.3, 0.4) is 0 Å². The molecule has 2 N–H and O–H groups in total. The van der Waals surface area contributed by atoms with Crippen LogP contribution in [0.1, 0.15) is 6.42 Å². The molecule has 134 valence electrons. The minimum absolute atomic E-state index is 0.0938. The van der Waals surface area contributed by atoms with Gasteiger partial charge in [-0.1, -0.05) is 18.2 Å². The van der Waals surface area contributed by atoms with Crippen LogP contribution < -0.4 is 10.0 Å². The van der Waals surface area contributed by atoms with Gasteiger partial charge in [-0.15, -0.1) is 0 Å². The normalized spacial score (nSPS) is 12.5. The predicted octanol–water partition coefficient (Wildman–Crippen LogP) is 0.291. The zero-order chi connectivity index (χ0) is 18.2. The van der Waals surface area contributed by atoms with Crippen LogP contribution in [0.5, 0.6) is 0 Å². The molecule has 0 aliphatic carbocycles. The molecule has 1 rings (SSSR count). The van der Waals surface area contributed by atoms with Crippen molar-refractivity contribution < 1.29 is 18.0 Å². The quantitative estimate of drug-likeness (QED) is 0.649. The van der Waals surface area contributed by atoms with Crippen molar-refractivity contribution in [2.75, 3.05) is 32.6 Å². The number of carbonyl (C=O) groups excluding carboxylic acids is 2. The van der Waals surface area contributed by atoms with E-state index in [-0.39, 0.29) is 17.3 Å². The smallest absolute Gasteiger partial charge is 0.241 e. The first-order chi connectivity index (χ1) is 11.3. The first kappa shape index (κ1) is 20.5. The highest BCUT2D eigenvalue weighted by Gasteiger charge is 2.25. The van der Waals surface area contributed by atoms with Crippen molar-refractivity contribution in [2.45, 2.75) is 17.4 Å². The molecule has 24 heavy (non-hydrogen) atoms. The molecule has 0 saturated heterocycles. The van der Waals surface area contributed by atoms with Crippen LogP contribution >= 0.6 is 11.8 Å². The number of sulfonamides is 1. The highest BCUT2D eigenvalue weighted by molar-refractivity contribution is 7.98. The summed E-state index contributed by atoms with van der Waals surface area (Å²) >= 11 is 1.51. The monoisotopic (exact) mass is 373 g/mol. The fourth-order valence-electron chi connectivity index (χ4n) is 1.78. The second kappa shape index (κ2) is 9.65. The van der Waals surface area contributed by atoms with Gasteiger partial charge in [0.25, 0.3) is 0 Å². The van der Waals surface area contributed by atoms with E-state index in [1.165, 1.54) is 28.8 Å². The van der Waals surface area contributed by atoms with Gasteiger partial charge in [-0.05, 0) is 30.6 Å². The minimum Gasteiger partial charge on any atom is -0.347 e. The molecule has 1 aromatic carbocycles. The summed E-state index contributed by atoms with van der Waals surface area (Å²) in [7, 11) is -0.643. The summed E-state index contributed by atoms with van der Waals surface area (Å²) in [5.74, 6) is -0.173. The van der Waals surface area contributed by atoms with Gasteiger partial charge in [-0.25, -0.2) is 8.42 Å². The Hall–Kier alpha value is -1.58. The number of nitrogens with one attached hydrogen (secondary N) is 2. The molecule has 2 amide bonds. The molecule has 0 aliphatic heterocycles. The Kier molecular flexibility index (Phi) is 8.23. The van der Waals surface area contributed by atoms with E-state index in [0.717, 1.165) is 0 Å². The average molecular weight is 374 g/mol. The van der Waals surface area contributed by atoms with Crippen LogP contribution in [0.2, 0.25) is 0 Å². The Labute approximate surface area is 147 Å². The van der Waals surface area contributed by atoms with Crippen molar-refractivity contribution in [3.05, 3.63) is 30.3 Å². The molecule has 1 aromatic rings.